The maximum atomic E-state index is 11.9. The minimum atomic E-state index is 0.126. The Morgan fingerprint density at radius 2 is 2.17 bits per heavy atom. The molecule has 2 atom stereocenters. The fourth-order valence-corrected chi connectivity index (χ4v) is 4.20. The van der Waals surface area contributed by atoms with Crippen molar-refractivity contribution in [2.24, 2.45) is 5.41 Å². The summed E-state index contributed by atoms with van der Waals surface area (Å²) < 4.78 is 5.99. The van der Waals surface area contributed by atoms with Gasteiger partial charge in [0.2, 0.25) is 0 Å². The predicted molar refractivity (Wildman–Crippen MR) is 96.3 cm³/mol. The molecule has 0 heterocycles. The van der Waals surface area contributed by atoms with Gasteiger partial charge in [-0.1, -0.05) is 37.3 Å². The van der Waals surface area contributed by atoms with Crippen LogP contribution >= 0.6 is 0 Å². The van der Waals surface area contributed by atoms with E-state index in [2.05, 4.69) is 49.4 Å². The van der Waals surface area contributed by atoms with Crippen LogP contribution < -0.4 is 4.74 Å². The van der Waals surface area contributed by atoms with E-state index < -0.39 is 0 Å². The summed E-state index contributed by atoms with van der Waals surface area (Å²) in [6.45, 7) is 2.92. The molecule has 0 saturated heterocycles. The smallest absolute Gasteiger partial charge is 0.156 e. The topological polar surface area (TPSA) is 26.3 Å². The molecule has 0 aromatic heterocycles. The lowest BCUT2D eigenvalue weighted by Crippen LogP contribution is -2.33. The van der Waals surface area contributed by atoms with Crippen molar-refractivity contribution in [3.63, 3.8) is 0 Å². The lowest BCUT2D eigenvalue weighted by atomic mass is 9.61. The zero-order valence-electron chi connectivity index (χ0n) is 14.3. The number of allylic oxidation sites excluding steroid dienone is 4. The van der Waals surface area contributed by atoms with Gasteiger partial charge in [0.1, 0.15) is 12.4 Å². The normalized spacial score (nSPS) is 28.1. The summed E-state index contributed by atoms with van der Waals surface area (Å²) in [7, 11) is 0. The lowest BCUT2D eigenvalue weighted by molar-refractivity contribution is -0.116. The van der Waals surface area contributed by atoms with Crippen LogP contribution in [0.15, 0.2) is 54.2 Å². The highest BCUT2D eigenvalue weighted by atomic mass is 16.5. The minimum Gasteiger partial charge on any atom is -0.489 e. The second-order valence-corrected chi connectivity index (χ2v) is 7.47. The molecule has 24 heavy (non-hydrogen) atoms. The third-order valence-electron chi connectivity index (χ3n) is 5.75. The third kappa shape index (κ3) is 2.86. The summed E-state index contributed by atoms with van der Waals surface area (Å²) in [5.41, 5.74) is 4.08. The van der Waals surface area contributed by atoms with E-state index in [-0.39, 0.29) is 11.2 Å². The quantitative estimate of drug-likeness (QED) is 0.791. The molecule has 1 aromatic carbocycles. The van der Waals surface area contributed by atoms with E-state index >= 15 is 0 Å². The average Bonchev–Trinajstić information content (AvgIpc) is 2.61. The predicted octanol–water partition coefficient (Wildman–Crippen LogP) is 4.91. The van der Waals surface area contributed by atoms with E-state index in [4.69, 9.17) is 4.74 Å². The summed E-state index contributed by atoms with van der Waals surface area (Å²) in [6.07, 6.45) is 15.6. The van der Waals surface area contributed by atoms with Gasteiger partial charge in [-0.15, -0.1) is 0 Å². The van der Waals surface area contributed by atoms with Crippen LogP contribution in [0.1, 0.15) is 49.7 Å². The first-order valence-electron chi connectivity index (χ1n) is 8.97. The van der Waals surface area contributed by atoms with Gasteiger partial charge in [-0.2, -0.15) is 0 Å². The summed E-state index contributed by atoms with van der Waals surface area (Å²) in [6, 6.07) is 6.44. The van der Waals surface area contributed by atoms with Crippen LogP contribution in [-0.2, 0) is 11.2 Å². The number of aryl methyl sites for hydroxylation is 1. The Morgan fingerprint density at radius 3 is 3.00 bits per heavy atom. The first kappa shape index (κ1) is 15.4. The second kappa shape index (κ2) is 6.08. The van der Waals surface area contributed by atoms with E-state index in [1.54, 1.807) is 6.08 Å². The van der Waals surface area contributed by atoms with Gasteiger partial charge < -0.3 is 4.74 Å². The molecule has 0 N–H and O–H groups in total. The molecular weight excluding hydrogens is 296 g/mol. The molecule has 2 nitrogen and oxygen atoms in total. The van der Waals surface area contributed by atoms with Crippen molar-refractivity contribution in [1.82, 2.24) is 0 Å². The van der Waals surface area contributed by atoms with Gasteiger partial charge in [0.25, 0.3) is 0 Å². The number of benzene rings is 1. The van der Waals surface area contributed by atoms with E-state index in [0.717, 1.165) is 31.4 Å². The third-order valence-corrected chi connectivity index (χ3v) is 5.75. The molecular formula is C22H24O2. The number of carbonyl (C=O) groups excluding carboxylic acids is 1. The fourth-order valence-electron chi connectivity index (χ4n) is 4.20. The zero-order chi connectivity index (χ0) is 16.6. The maximum Gasteiger partial charge on any atom is 0.156 e. The molecule has 2 unspecified atom stereocenters. The van der Waals surface area contributed by atoms with Gasteiger partial charge in [-0.3, -0.25) is 4.79 Å². The van der Waals surface area contributed by atoms with Crippen molar-refractivity contribution in [2.45, 2.75) is 44.9 Å². The summed E-state index contributed by atoms with van der Waals surface area (Å²) in [5.74, 6) is 1.51. The fraction of sp³-hybridized carbons (Fsp3) is 0.409. The van der Waals surface area contributed by atoms with E-state index in [0.29, 0.717) is 18.9 Å². The van der Waals surface area contributed by atoms with Crippen LogP contribution in [-0.4, -0.2) is 12.4 Å². The molecule has 2 heteroatoms. The van der Waals surface area contributed by atoms with Crippen LogP contribution in [0.3, 0.4) is 0 Å². The van der Waals surface area contributed by atoms with Crippen LogP contribution in [0.25, 0.3) is 0 Å². The highest BCUT2D eigenvalue weighted by Crippen LogP contribution is 2.50. The van der Waals surface area contributed by atoms with Crippen LogP contribution in [0.5, 0.6) is 5.75 Å². The Labute approximate surface area is 143 Å². The maximum absolute atomic E-state index is 11.9. The Morgan fingerprint density at radius 1 is 1.25 bits per heavy atom. The number of ketones is 1. The summed E-state index contributed by atoms with van der Waals surface area (Å²) in [4.78, 5) is 11.9. The molecule has 124 valence electrons. The SMILES string of the molecule is CC12C=CC(=O)CC1c1ccc(OCC3=CCCC=C3)cc1CC2. The van der Waals surface area contributed by atoms with E-state index in [1.165, 1.54) is 16.7 Å². The minimum absolute atomic E-state index is 0.126. The molecule has 0 aliphatic heterocycles. The molecule has 0 amide bonds. The standard InChI is InChI=1S/C22H24O2/c1-22-11-9-17-13-19(24-15-16-5-3-2-4-6-16)7-8-20(17)21(22)14-18(23)10-12-22/h3,5-8,10,12-13,21H,2,4,9,11,14-15H2,1H3. The Kier molecular flexibility index (Phi) is 3.91. The van der Waals surface area contributed by atoms with E-state index in [1.807, 2.05) is 0 Å². The largest absolute Gasteiger partial charge is 0.489 e. The number of hydrogen-bond acceptors (Lipinski definition) is 2. The molecule has 3 aliphatic carbocycles. The van der Waals surface area contributed by atoms with Crippen LogP contribution in [0.4, 0.5) is 0 Å². The van der Waals surface area contributed by atoms with Crippen molar-refractivity contribution in [2.75, 3.05) is 6.61 Å². The number of hydrogen-bond donors (Lipinski definition) is 0. The average molecular weight is 320 g/mol. The monoisotopic (exact) mass is 320 g/mol. The van der Waals surface area contributed by atoms with Gasteiger partial charge in [0.15, 0.2) is 5.78 Å². The summed E-state index contributed by atoms with van der Waals surface area (Å²) >= 11 is 0. The molecule has 4 rings (SSSR count). The Balaban J connectivity index is 1.54. The second-order valence-electron chi connectivity index (χ2n) is 7.47. The zero-order valence-corrected chi connectivity index (χ0v) is 14.3. The molecule has 0 spiro atoms. The molecule has 0 saturated carbocycles. The lowest BCUT2D eigenvalue weighted by Gasteiger charge is -2.42. The van der Waals surface area contributed by atoms with Crippen molar-refractivity contribution in [3.8, 4) is 5.75 Å². The van der Waals surface area contributed by atoms with Crippen molar-refractivity contribution in [1.29, 1.82) is 0 Å². The Hall–Kier alpha value is -2.09. The summed E-state index contributed by atoms with van der Waals surface area (Å²) in [5, 5.41) is 0. The van der Waals surface area contributed by atoms with Gasteiger partial charge in [0.05, 0.1) is 0 Å². The van der Waals surface area contributed by atoms with Crippen molar-refractivity contribution < 1.29 is 9.53 Å². The molecule has 0 fully saturated rings. The van der Waals surface area contributed by atoms with Crippen molar-refractivity contribution >= 4 is 5.78 Å². The first-order valence-corrected chi connectivity index (χ1v) is 8.97. The highest BCUT2D eigenvalue weighted by Gasteiger charge is 2.40. The van der Waals surface area contributed by atoms with Crippen LogP contribution in [0.2, 0.25) is 0 Å². The molecule has 0 radical (unpaired) electrons. The number of ether oxygens (including phenoxy) is 1. The molecule has 3 aliphatic rings. The number of rotatable bonds is 3. The Bertz CT molecular complexity index is 753. The van der Waals surface area contributed by atoms with Crippen molar-refractivity contribution in [3.05, 3.63) is 65.3 Å². The molecule has 0 bridgehead atoms. The van der Waals surface area contributed by atoms with Gasteiger partial charge in [-0.25, -0.2) is 0 Å². The first-order chi connectivity index (χ1) is 11.6. The van der Waals surface area contributed by atoms with Crippen LogP contribution in [0, 0.1) is 5.41 Å². The molecule has 1 aromatic rings. The van der Waals surface area contributed by atoms with Gasteiger partial charge in [0, 0.05) is 12.3 Å². The highest BCUT2D eigenvalue weighted by molar-refractivity contribution is 5.91. The number of carbonyl (C=O) groups is 1. The van der Waals surface area contributed by atoms with E-state index in [9.17, 15) is 4.79 Å². The number of fused-ring (bicyclic) bond motifs is 3. The van der Waals surface area contributed by atoms with Gasteiger partial charge >= 0.3 is 0 Å². The van der Waals surface area contributed by atoms with Gasteiger partial charge in [-0.05, 0) is 66.0 Å².